The fraction of sp³-hybridized carbons (Fsp3) is 0.483. The van der Waals surface area contributed by atoms with E-state index in [0.717, 1.165) is 29.8 Å². The summed E-state index contributed by atoms with van der Waals surface area (Å²) in [5, 5.41) is 32.5. The molecule has 2 saturated carbocycles. The van der Waals surface area contributed by atoms with Gasteiger partial charge in [-0.2, -0.15) is 49.7 Å². The minimum absolute atomic E-state index is 0.168. The fourth-order valence-electron chi connectivity index (χ4n) is 9.95. The highest BCUT2D eigenvalue weighted by atomic mass is 19.4. The summed E-state index contributed by atoms with van der Waals surface area (Å²) in [4.78, 5) is 44.3. The van der Waals surface area contributed by atoms with Crippen LogP contribution in [-0.2, 0) is 55.4 Å². The van der Waals surface area contributed by atoms with Crippen LogP contribution in [0.5, 0.6) is 11.5 Å². The van der Waals surface area contributed by atoms with E-state index in [1.54, 1.807) is 51.4 Å². The molecule has 2 aliphatic rings. The number of benzene rings is 2. The molecule has 8 rings (SSSR count). The van der Waals surface area contributed by atoms with Crippen molar-refractivity contribution in [1.82, 2.24) is 29.5 Å². The summed E-state index contributed by atoms with van der Waals surface area (Å²) in [7, 11) is 0. The standard InChI is InChI=1S/C31H38F4N4O3.C27H30F4N4O3.C2HF3O2/c1-28(2,3)39-25(15-18-36-39)38-24-12-7-9-20(37-24)19-30(27(40)42-29(4,5)6)16-13-21(14-17-30)41-23-11-8-10-22(26(23)32)31(33,34)35;1-25(2,3)35-22(12-15-32-35)34-21-9-4-6-17(33-21)16-26(24(36)37)13-10-18(11-14-26)38-20-8-5-7-19(23(20)28)27(29,30)31;3-2(4,5)1(6)7/h7-12,15,18,21H,13-14,16-17,19H2,1-6H3,(H,37,38);4-9,12,15,18H,10-11,13-14,16H2,1-3H3,(H,33,34)(H,36,37);(H,6,7). The predicted octanol–water partition coefficient (Wildman–Crippen LogP) is 15.0. The molecule has 0 unspecified atom stereocenters. The molecule has 4 heterocycles. The van der Waals surface area contributed by atoms with E-state index in [1.807, 2.05) is 81.2 Å². The van der Waals surface area contributed by atoms with Crippen LogP contribution in [0.15, 0.2) is 97.3 Å². The third kappa shape index (κ3) is 18.3. The van der Waals surface area contributed by atoms with Crippen LogP contribution in [0, 0.1) is 22.5 Å². The molecule has 0 aliphatic heterocycles. The van der Waals surface area contributed by atoms with E-state index in [9.17, 15) is 63.0 Å². The molecule has 0 saturated heterocycles. The number of aromatic nitrogens is 6. The molecule has 27 heteroatoms. The average Bonchev–Trinajstić information content (AvgIpc) is 2.05. The Morgan fingerprint density at radius 3 is 1.24 bits per heavy atom. The van der Waals surface area contributed by atoms with Crippen molar-refractivity contribution in [3.05, 3.63) is 131 Å². The quantitative estimate of drug-likeness (QED) is 0.0592. The van der Waals surface area contributed by atoms with E-state index in [0.29, 0.717) is 67.3 Å². The third-order valence-electron chi connectivity index (χ3n) is 14.2. The van der Waals surface area contributed by atoms with Gasteiger partial charge in [-0.05, 0) is 162 Å². The van der Waals surface area contributed by atoms with Crippen LogP contribution in [-0.4, -0.2) is 81.6 Å². The van der Waals surface area contributed by atoms with Crippen molar-refractivity contribution in [1.29, 1.82) is 0 Å². The Bertz CT molecular complexity index is 3330. The second-order valence-electron chi connectivity index (χ2n) is 24.3. The van der Waals surface area contributed by atoms with Crippen LogP contribution in [0.1, 0.15) is 136 Å². The lowest BCUT2D eigenvalue weighted by Gasteiger charge is -2.39. The zero-order valence-electron chi connectivity index (χ0n) is 49.1. The minimum atomic E-state index is -5.08. The Kier molecular flexibility index (Phi) is 20.8. The summed E-state index contributed by atoms with van der Waals surface area (Å²) in [5.41, 5.74) is -4.78. The number of alkyl halides is 9. The molecule has 4 aromatic heterocycles. The van der Waals surface area contributed by atoms with Crippen LogP contribution < -0.4 is 20.1 Å². The van der Waals surface area contributed by atoms with Crippen LogP contribution in [0.2, 0.25) is 0 Å². The van der Waals surface area contributed by atoms with Gasteiger partial charge < -0.3 is 35.1 Å². The predicted molar refractivity (Wildman–Crippen MR) is 298 cm³/mol. The second kappa shape index (κ2) is 26.5. The van der Waals surface area contributed by atoms with E-state index >= 15 is 0 Å². The van der Waals surface area contributed by atoms with Gasteiger partial charge in [0, 0.05) is 36.4 Å². The summed E-state index contributed by atoms with van der Waals surface area (Å²) >= 11 is 0. The number of ether oxygens (including phenoxy) is 3. The van der Waals surface area contributed by atoms with Gasteiger partial charge in [-0.25, -0.2) is 32.9 Å². The number of aliphatic carboxylic acids is 2. The monoisotopic (exact) mass is 1240 g/mol. The maximum Gasteiger partial charge on any atom is 0.490 e. The lowest BCUT2D eigenvalue weighted by atomic mass is 9.70. The summed E-state index contributed by atoms with van der Waals surface area (Å²) in [6.45, 7) is 17.6. The molecule has 0 atom stereocenters. The molecule has 474 valence electrons. The van der Waals surface area contributed by atoms with Crippen LogP contribution in [0.4, 0.5) is 71.6 Å². The maximum atomic E-state index is 14.6. The second-order valence-corrected chi connectivity index (χ2v) is 24.3. The Hall–Kier alpha value is -8.00. The first-order chi connectivity index (χ1) is 40.2. The number of nitrogens with one attached hydrogen (secondary N) is 2. The number of hydrogen-bond donors (Lipinski definition) is 4. The van der Waals surface area contributed by atoms with E-state index in [2.05, 4.69) is 25.8 Å². The Morgan fingerprint density at radius 2 is 0.908 bits per heavy atom. The van der Waals surface area contributed by atoms with Gasteiger partial charge in [-0.1, -0.05) is 24.3 Å². The smallest absolute Gasteiger partial charge is 0.487 e. The van der Waals surface area contributed by atoms with Gasteiger partial charge in [-0.3, -0.25) is 9.59 Å². The van der Waals surface area contributed by atoms with Crippen molar-refractivity contribution < 1.29 is 87.1 Å². The first kappa shape index (κ1) is 68.1. The molecular weight excluding hydrogens is 1170 g/mol. The third-order valence-corrected chi connectivity index (χ3v) is 14.2. The van der Waals surface area contributed by atoms with Gasteiger partial charge in [0.05, 0.1) is 57.6 Å². The molecule has 2 fully saturated rings. The Morgan fingerprint density at radius 1 is 0.552 bits per heavy atom. The first-order valence-electron chi connectivity index (χ1n) is 27.6. The van der Waals surface area contributed by atoms with E-state index < -0.39 is 93.4 Å². The van der Waals surface area contributed by atoms with Crippen molar-refractivity contribution in [2.45, 2.75) is 174 Å². The fourth-order valence-corrected chi connectivity index (χ4v) is 9.95. The molecule has 2 aromatic carbocycles. The number of carboxylic acids is 2. The zero-order valence-corrected chi connectivity index (χ0v) is 49.1. The SMILES string of the molecule is CC(C)(C)OC(=O)C1(Cc2cccc(Nc3ccnn3C(C)(C)C)n2)CCC(Oc2cccc(C(F)(F)F)c2F)CC1.CC(C)(C)n1nccc1Nc1cccc(CC2(C(=O)O)CCC(Oc3cccc(C(F)(F)F)c3F)CC2)n1.O=C(O)C(F)(F)F. The Balaban J connectivity index is 0.000000251. The number of esters is 1. The van der Waals surface area contributed by atoms with E-state index in [4.69, 9.17) is 29.1 Å². The zero-order chi connectivity index (χ0) is 64.7. The van der Waals surface area contributed by atoms with E-state index in [1.165, 1.54) is 6.07 Å². The molecule has 0 bridgehead atoms. The summed E-state index contributed by atoms with van der Waals surface area (Å²) in [6.07, 6.45) is -9.78. The van der Waals surface area contributed by atoms with Gasteiger partial charge >= 0.3 is 36.4 Å². The number of hydrogen-bond acceptors (Lipinski definition) is 12. The number of halogens is 11. The topological polar surface area (TPSA) is 205 Å². The number of rotatable bonds is 14. The normalized spacial score (nSPS) is 19.3. The molecule has 0 spiro atoms. The van der Waals surface area contributed by atoms with Crippen LogP contribution in [0.25, 0.3) is 0 Å². The van der Waals surface area contributed by atoms with Crippen molar-refractivity contribution in [3.63, 3.8) is 0 Å². The lowest BCUT2D eigenvalue weighted by Crippen LogP contribution is -2.44. The number of carbonyl (C=O) groups excluding carboxylic acids is 1. The van der Waals surface area contributed by atoms with Crippen molar-refractivity contribution in [2.75, 3.05) is 10.6 Å². The largest absolute Gasteiger partial charge is 0.490 e. The number of pyridine rings is 2. The van der Waals surface area contributed by atoms with Crippen molar-refractivity contribution >= 4 is 41.2 Å². The Labute approximate surface area is 494 Å². The van der Waals surface area contributed by atoms with Crippen molar-refractivity contribution in [2.24, 2.45) is 10.8 Å². The highest BCUT2D eigenvalue weighted by Crippen LogP contribution is 2.45. The van der Waals surface area contributed by atoms with Crippen molar-refractivity contribution in [3.8, 4) is 11.5 Å². The number of anilines is 4. The van der Waals surface area contributed by atoms with E-state index in [-0.39, 0.29) is 49.2 Å². The van der Waals surface area contributed by atoms with Gasteiger partial charge in [-0.15, -0.1) is 0 Å². The molecule has 87 heavy (non-hydrogen) atoms. The molecule has 0 amide bonds. The average molecular weight is 1240 g/mol. The van der Waals surface area contributed by atoms with Gasteiger partial charge in [0.1, 0.15) is 28.9 Å². The number of carboxylic acid groups (broad SMARTS) is 2. The highest BCUT2D eigenvalue weighted by Gasteiger charge is 2.47. The summed E-state index contributed by atoms with van der Waals surface area (Å²) in [6, 6.07) is 20.5. The molecule has 0 radical (unpaired) electrons. The lowest BCUT2D eigenvalue weighted by molar-refractivity contribution is -0.192. The highest BCUT2D eigenvalue weighted by molar-refractivity contribution is 5.78. The van der Waals surface area contributed by atoms with Crippen LogP contribution in [0.3, 0.4) is 0 Å². The molecule has 2 aliphatic carbocycles. The first-order valence-corrected chi connectivity index (χ1v) is 27.6. The minimum Gasteiger partial charge on any atom is -0.487 e. The molecular formula is C60H69F11N8O8. The van der Waals surface area contributed by atoms with Gasteiger partial charge in [0.15, 0.2) is 23.1 Å². The van der Waals surface area contributed by atoms with Gasteiger partial charge in [0.25, 0.3) is 0 Å². The molecule has 4 N–H and O–H groups in total. The summed E-state index contributed by atoms with van der Waals surface area (Å²) < 4.78 is 160. The molecule has 6 aromatic rings. The maximum absolute atomic E-state index is 14.6. The van der Waals surface area contributed by atoms with Gasteiger partial charge in [0.2, 0.25) is 0 Å². The summed E-state index contributed by atoms with van der Waals surface area (Å²) in [5.74, 6) is -5.28. The number of carbonyl (C=O) groups is 3. The molecule has 16 nitrogen and oxygen atoms in total. The number of nitrogens with zero attached hydrogens (tertiary/aromatic N) is 6. The van der Waals surface area contributed by atoms with Crippen LogP contribution >= 0.6 is 0 Å².